The molecule has 0 spiro atoms. The first kappa shape index (κ1) is 18.3. The minimum absolute atomic E-state index is 0.175. The third-order valence-electron chi connectivity index (χ3n) is 4.51. The number of methoxy groups -OCH3 is 2. The van der Waals surface area contributed by atoms with Crippen LogP contribution in [0.5, 0.6) is 11.5 Å². The molecular weight excluding hydrogens is 352 g/mol. The number of aryl methyl sites for hydroxylation is 2. The number of benzene rings is 1. The Morgan fingerprint density at radius 1 is 1.04 bits per heavy atom. The van der Waals surface area contributed by atoms with E-state index >= 15 is 0 Å². The van der Waals surface area contributed by atoms with Crippen molar-refractivity contribution in [1.82, 2.24) is 0 Å². The Bertz CT molecular complexity index is 821. The lowest BCUT2D eigenvalue weighted by Crippen LogP contribution is -2.18. The highest BCUT2D eigenvalue weighted by atomic mass is 32.1. The van der Waals surface area contributed by atoms with Gasteiger partial charge in [0, 0.05) is 10.9 Å². The Kier molecular flexibility index (Phi) is 5.46. The van der Waals surface area contributed by atoms with Crippen molar-refractivity contribution in [2.75, 3.05) is 19.5 Å². The standard InChI is InChI=1S/C19H22N2O4S/c1-24-14-9-12(18(20)22)13(10-15(14)25-2)21-19(23)17-8-11-6-4-3-5-7-16(11)26-17/h8-10H,3-7H2,1-2H3,(H2,20,22)(H,21,23). The number of thiophene rings is 1. The summed E-state index contributed by atoms with van der Waals surface area (Å²) in [5, 5.41) is 2.79. The van der Waals surface area contributed by atoms with E-state index < -0.39 is 5.91 Å². The van der Waals surface area contributed by atoms with Crippen LogP contribution in [0.3, 0.4) is 0 Å². The number of anilines is 1. The quantitative estimate of drug-likeness (QED) is 0.785. The lowest BCUT2D eigenvalue weighted by molar-refractivity contribution is 0.100. The van der Waals surface area contributed by atoms with E-state index in [9.17, 15) is 9.59 Å². The second-order valence-electron chi connectivity index (χ2n) is 6.19. The first-order chi connectivity index (χ1) is 12.5. The van der Waals surface area contributed by atoms with E-state index in [-0.39, 0.29) is 11.5 Å². The summed E-state index contributed by atoms with van der Waals surface area (Å²) in [6.07, 6.45) is 5.59. The largest absolute Gasteiger partial charge is 0.493 e. The van der Waals surface area contributed by atoms with Crippen molar-refractivity contribution in [3.8, 4) is 11.5 Å². The topological polar surface area (TPSA) is 90.6 Å². The highest BCUT2D eigenvalue weighted by Crippen LogP contribution is 2.34. The normalized spacial score (nSPS) is 13.5. The van der Waals surface area contributed by atoms with E-state index in [1.54, 1.807) is 6.07 Å². The SMILES string of the molecule is COc1cc(NC(=O)c2cc3c(s2)CCCCC3)c(C(N)=O)cc1OC. The van der Waals surface area contributed by atoms with Crippen LogP contribution in [-0.4, -0.2) is 26.0 Å². The van der Waals surface area contributed by atoms with Gasteiger partial charge in [-0.2, -0.15) is 0 Å². The van der Waals surface area contributed by atoms with Crippen molar-refractivity contribution < 1.29 is 19.1 Å². The molecule has 3 rings (SSSR count). The van der Waals surface area contributed by atoms with E-state index in [2.05, 4.69) is 5.32 Å². The fourth-order valence-electron chi connectivity index (χ4n) is 3.15. The molecule has 0 saturated carbocycles. The van der Waals surface area contributed by atoms with Crippen molar-refractivity contribution >= 4 is 28.8 Å². The number of carbonyl (C=O) groups is 2. The molecule has 3 N–H and O–H groups in total. The van der Waals surface area contributed by atoms with Gasteiger partial charge in [0.1, 0.15) is 0 Å². The summed E-state index contributed by atoms with van der Waals surface area (Å²) < 4.78 is 10.4. The Balaban J connectivity index is 1.90. The summed E-state index contributed by atoms with van der Waals surface area (Å²) >= 11 is 1.52. The molecular formula is C19H22N2O4S. The van der Waals surface area contributed by atoms with Crippen molar-refractivity contribution in [2.24, 2.45) is 5.73 Å². The summed E-state index contributed by atoms with van der Waals surface area (Å²) in [7, 11) is 2.96. The summed E-state index contributed by atoms with van der Waals surface area (Å²) in [6.45, 7) is 0. The smallest absolute Gasteiger partial charge is 0.265 e. The Labute approximate surface area is 156 Å². The zero-order chi connectivity index (χ0) is 18.7. The molecule has 0 fully saturated rings. The average Bonchev–Trinajstić information content (AvgIpc) is 2.92. The maximum absolute atomic E-state index is 12.7. The fraction of sp³-hybridized carbons (Fsp3) is 0.368. The monoisotopic (exact) mass is 374 g/mol. The molecule has 1 aromatic heterocycles. The van der Waals surface area contributed by atoms with Crippen molar-refractivity contribution in [1.29, 1.82) is 0 Å². The third kappa shape index (κ3) is 3.67. The van der Waals surface area contributed by atoms with Gasteiger partial charge >= 0.3 is 0 Å². The number of amides is 2. The van der Waals surface area contributed by atoms with Crippen molar-refractivity contribution in [3.63, 3.8) is 0 Å². The summed E-state index contributed by atoms with van der Waals surface area (Å²) in [5.74, 6) is -0.113. The van der Waals surface area contributed by atoms with Crippen LogP contribution in [0.4, 0.5) is 5.69 Å². The van der Waals surface area contributed by atoms with Crippen molar-refractivity contribution in [2.45, 2.75) is 32.1 Å². The number of nitrogens with two attached hydrogens (primary N) is 1. The number of fused-ring (bicyclic) bond motifs is 1. The zero-order valence-electron chi connectivity index (χ0n) is 14.9. The molecule has 0 aliphatic heterocycles. The lowest BCUT2D eigenvalue weighted by Gasteiger charge is -2.13. The minimum atomic E-state index is -0.650. The van der Waals surface area contributed by atoms with Crippen LogP contribution >= 0.6 is 11.3 Å². The van der Waals surface area contributed by atoms with E-state index in [0.29, 0.717) is 22.1 Å². The number of ether oxygens (including phenoxy) is 2. The highest BCUT2D eigenvalue weighted by Gasteiger charge is 2.20. The average molecular weight is 374 g/mol. The van der Waals surface area contributed by atoms with Gasteiger partial charge in [-0.3, -0.25) is 9.59 Å². The summed E-state index contributed by atoms with van der Waals surface area (Å²) in [4.78, 5) is 26.4. The zero-order valence-corrected chi connectivity index (χ0v) is 15.7. The van der Waals surface area contributed by atoms with Gasteiger partial charge in [0.2, 0.25) is 0 Å². The number of rotatable bonds is 5. The molecule has 7 heteroatoms. The van der Waals surface area contributed by atoms with Gasteiger partial charge < -0.3 is 20.5 Å². The highest BCUT2D eigenvalue weighted by molar-refractivity contribution is 7.14. The van der Waals surface area contributed by atoms with E-state index in [1.807, 2.05) is 6.07 Å². The molecule has 1 heterocycles. The second-order valence-corrected chi connectivity index (χ2v) is 7.33. The summed E-state index contributed by atoms with van der Waals surface area (Å²) in [5.41, 5.74) is 7.21. The lowest BCUT2D eigenvalue weighted by atomic mass is 10.1. The molecule has 0 unspecified atom stereocenters. The van der Waals surface area contributed by atoms with Crippen LogP contribution in [0, 0.1) is 0 Å². The van der Waals surface area contributed by atoms with Crippen LogP contribution < -0.4 is 20.5 Å². The molecule has 6 nitrogen and oxygen atoms in total. The Morgan fingerprint density at radius 2 is 1.73 bits per heavy atom. The second kappa shape index (κ2) is 7.78. The number of hydrogen-bond acceptors (Lipinski definition) is 5. The Hall–Kier alpha value is -2.54. The molecule has 138 valence electrons. The van der Waals surface area contributed by atoms with Gasteiger partial charge in [-0.05, 0) is 43.4 Å². The Morgan fingerprint density at radius 3 is 2.42 bits per heavy atom. The van der Waals surface area contributed by atoms with Gasteiger partial charge in [0.25, 0.3) is 11.8 Å². The van der Waals surface area contributed by atoms with Crippen LogP contribution in [0.2, 0.25) is 0 Å². The first-order valence-corrected chi connectivity index (χ1v) is 9.34. The van der Waals surface area contributed by atoms with E-state index in [0.717, 1.165) is 25.7 Å². The van der Waals surface area contributed by atoms with Crippen LogP contribution in [0.1, 0.15) is 49.7 Å². The van der Waals surface area contributed by atoms with E-state index in [4.69, 9.17) is 15.2 Å². The number of hydrogen-bond donors (Lipinski definition) is 2. The minimum Gasteiger partial charge on any atom is -0.493 e. The molecule has 2 aromatic rings. The summed E-state index contributed by atoms with van der Waals surface area (Å²) in [6, 6.07) is 4.99. The molecule has 0 atom stereocenters. The van der Waals surface area contributed by atoms with Gasteiger partial charge in [-0.1, -0.05) is 6.42 Å². The molecule has 0 radical (unpaired) electrons. The molecule has 0 saturated heterocycles. The number of carbonyl (C=O) groups excluding carboxylic acids is 2. The van der Waals surface area contributed by atoms with Crippen molar-refractivity contribution in [3.05, 3.63) is 39.1 Å². The molecule has 26 heavy (non-hydrogen) atoms. The number of nitrogens with one attached hydrogen (secondary N) is 1. The van der Waals surface area contributed by atoms with Gasteiger partial charge in [0.15, 0.2) is 11.5 Å². The molecule has 1 aliphatic rings. The predicted octanol–water partition coefficient (Wildman–Crippen LogP) is 3.39. The molecule has 2 amide bonds. The first-order valence-electron chi connectivity index (χ1n) is 8.52. The van der Waals surface area contributed by atoms with Gasteiger partial charge in [0.05, 0.1) is 30.3 Å². The maximum atomic E-state index is 12.7. The molecule has 0 bridgehead atoms. The van der Waals surface area contributed by atoms with Gasteiger partial charge in [-0.15, -0.1) is 11.3 Å². The number of primary amides is 1. The third-order valence-corrected chi connectivity index (χ3v) is 5.74. The fourth-order valence-corrected chi connectivity index (χ4v) is 4.30. The predicted molar refractivity (Wildman–Crippen MR) is 102 cm³/mol. The molecule has 1 aliphatic carbocycles. The van der Waals surface area contributed by atoms with Crippen LogP contribution in [0.15, 0.2) is 18.2 Å². The molecule has 1 aromatic carbocycles. The van der Waals surface area contributed by atoms with E-state index in [1.165, 1.54) is 48.5 Å². The maximum Gasteiger partial charge on any atom is 0.265 e. The van der Waals surface area contributed by atoms with Gasteiger partial charge in [-0.25, -0.2) is 0 Å². The van der Waals surface area contributed by atoms with Crippen LogP contribution in [-0.2, 0) is 12.8 Å². The van der Waals surface area contributed by atoms with Crippen LogP contribution in [0.25, 0.3) is 0 Å².